The van der Waals surface area contributed by atoms with Gasteiger partial charge >= 0.3 is 17.9 Å². The highest BCUT2D eigenvalue weighted by Gasteiger charge is 2.48. The first kappa shape index (κ1) is 21.7. The van der Waals surface area contributed by atoms with Crippen LogP contribution in [0.5, 0.6) is 0 Å². The van der Waals surface area contributed by atoms with Crippen LogP contribution >= 0.6 is 0 Å². The quantitative estimate of drug-likeness (QED) is 0.318. The van der Waals surface area contributed by atoms with E-state index in [9.17, 15) is 14.4 Å². The lowest BCUT2D eigenvalue weighted by atomic mass is 9.83. The van der Waals surface area contributed by atoms with Crippen molar-refractivity contribution in [3.8, 4) is 0 Å². The normalized spacial score (nSPS) is 32.2. The Morgan fingerprint density at radius 3 is 2.54 bits per heavy atom. The van der Waals surface area contributed by atoms with E-state index in [-0.39, 0.29) is 5.57 Å². The molecule has 1 fully saturated rings. The number of allylic oxidation sites excluding steroid dienone is 3. The smallest absolute Gasteiger partial charge is 0.334 e. The van der Waals surface area contributed by atoms with Crippen molar-refractivity contribution in [3.63, 3.8) is 0 Å². The van der Waals surface area contributed by atoms with Gasteiger partial charge in [0.05, 0.1) is 5.92 Å². The molecule has 1 saturated heterocycles. The molecule has 0 radical (unpaired) electrons. The van der Waals surface area contributed by atoms with E-state index in [1.165, 1.54) is 6.92 Å². The van der Waals surface area contributed by atoms with E-state index in [1.807, 2.05) is 26.0 Å². The number of rotatable bonds is 3. The molecule has 0 aromatic heterocycles. The van der Waals surface area contributed by atoms with Gasteiger partial charge in [-0.1, -0.05) is 24.3 Å². The van der Waals surface area contributed by atoms with Gasteiger partial charge < -0.3 is 14.2 Å². The summed E-state index contributed by atoms with van der Waals surface area (Å²) >= 11 is 0. The van der Waals surface area contributed by atoms with Crippen LogP contribution < -0.4 is 0 Å². The van der Waals surface area contributed by atoms with Gasteiger partial charge in [0.25, 0.3) is 0 Å². The van der Waals surface area contributed by atoms with Gasteiger partial charge in [-0.15, -0.1) is 0 Å². The van der Waals surface area contributed by atoms with Crippen LogP contribution in [-0.2, 0) is 28.6 Å². The number of hydrogen-bond acceptors (Lipinski definition) is 6. The molecule has 2 rings (SSSR count). The maximum atomic E-state index is 12.5. The van der Waals surface area contributed by atoms with Crippen molar-refractivity contribution in [2.24, 2.45) is 5.92 Å². The number of ether oxygens (including phenoxy) is 3. The minimum Gasteiger partial charge on any atom is -0.457 e. The van der Waals surface area contributed by atoms with E-state index in [0.29, 0.717) is 5.57 Å². The van der Waals surface area contributed by atoms with Gasteiger partial charge in [0, 0.05) is 18.1 Å². The third kappa shape index (κ3) is 4.80. The predicted octanol–water partition coefficient (Wildman–Crippen LogP) is 3.58. The SMILES string of the molecule is C=C1C(=O)O[C@@H]2/C=C(\C)CC/C=C(\C)[C@@H](OC(=O)/C(C)=C\C)[C@H](OC(C)=O)[C@@H]12. The van der Waals surface area contributed by atoms with Gasteiger partial charge in [-0.25, -0.2) is 9.59 Å². The lowest BCUT2D eigenvalue weighted by Crippen LogP contribution is -2.44. The fourth-order valence-electron chi connectivity index (χ4n) is 3.40. The standard InChI is InChI=1S/C22H28O6/c1-7-13(3)21(24)28-19-14(4)10-8-9-12(2)11-17-18(15(5)22(25)27-17)20(19)26-16(6)23/h7,10-11,17-20H,5,8-9H2,1-4,6H3/b12-11+,13-7-,14-10+/t17-,18+,19-,20-/m1/s1. The molecule has 1 aliphatic heterocycles. The molecule has 0 N–H and O–H groups in total. The maximum absolute atomic E-state index is 12.5. The molecule has 28 heavy (non-hydrogen) atoms. The van der Waals surface area contributed by atoms with Crippen LogP contribution in [0.2, 0.25) is 0 Å². The highest BCUT2D eigenvalue weighted by Crippen LogP contribution is 2.37. The fourth-order valence-corrected chi connectivity index (χ4v) is 3.40. The number of carbonyl (C=O) groups is 3. The second-order valence-electron chi connectivity index (χ2n) is 7.29. The molecular formula is C22H28O6. The first-order valence-electron chi connectivity index (χ1n) is 9.40. The van der Waals surface area contributed by atoms with E-state index >= 15 is 0 Å². The highest BCUT2D eigenvalue weighted by molar-refractivity contribution is 5.91. The van der Waals surface area contributed by atoms with Crippen LogP contribution in [-0.4, -0.2) is 36.2 Å². The summed E-state index contributed by atoms with van der Waals surface area (Å²) in [5, 5.41) is 0. The van der Waals surface area contributed by atoms with E-state index in [2.05, 4.69) is 6.58 Å². The van der Waals surface area contributed by atoms with Crippen LogP contribution in [0.1, 0.15) is 47.5 Å². The molecule has 1 heterocycles. The van der Waals surface area contributed by atoms with Crippen molar-refractivity contribution in [1.82, 2.24) is 0 Å². The Kier molecular flexibility index (Phi) is 7.00. The number of fused-ring (bicyclic) bond motifs is 1. The summed E-state index contributed by atoms with van der Waals surface area (Å²) in [5.41, 5.74) is 2.46. The summed E-state index contributed by atoms with van der Waals surface area (Å²) < 4.78 is 16.8. The van der Waals surface area contributed by atoms with Gasteiger partial charge in [-0.05, 0) is 52.2 Å². The zero-order chi connectivity index (χ0) is 21.0. The third-order valence-electron chi connectivity index (χ3n) is 5.11. The second-order valence-corrected chi connectivity index (χ2v) is 7.29. The predicted molar refractivity (Wildman–Crippen MR) is 104 cm³/mol. The first-order chi connectivity index (χ1) is 13.1. The Labute approximate surface area is 165 Å². The molecule has 0 amide bonds. The molecule has 0 bridgehead atoms. The van der Waals surface area contributed by atoms with Gasteiger partial charge in [0.15, 0.2) is 12.2 Å². The van der Waals surface area contributed by atoms with Crippen LogP contribution in [0.4, 0.5) is 0 Å². The molecule has 0 spiro atoms. The Morgan fingerprint density at radius 1 is 1.25 bits per heavy atom. The monoisotopic (exact) mass is 388 g/mol. The summed E-state index contributed by atoms with van der Waals surface area (Å²) in [6, 6.07) is 0. The summed E-state index contributed by atoms with van der Waals surface area (Å²) in [6.07, 6.45) is 4.59. The van der Waals surface area contributed by atoms with Crippen LogP contribution in [0, 0.1) is 5.92 Å². The molecule has 0 saturated carbocycles. The minimum absolute atomic E-state index is 0.206. The van der Waals surface area contributed by atoms with E-state index < -0.39 is 42.1 Å². The Bertz CT molecular complexity index is 770. The molecule has 0 aromatic carbocycles. The van der Waals surface area contributed by atoms with Crippen molar-refractivity contribution in [2.45, 2.75) is 65.8 Å². The number of carbonyl (C=O) groups excluding carboxylic acids is 3. The van der Waals surface area contributed by atoms with Crippen molar-refractivity contribution in [3.05, 3.63) is 47.1 Å². The van der Waals surface area contributed by atoms with E-state index in [1.54, 1.807) is 19.9 Å². The summed E-state index contributed by atoms with van der Waals surface area (Å²) in [7, 11) is 0. The molecule has 1 aliphatic carbocycles. The van der Waals surface area contributed by atoms with Gasteiger partial charge in [0.2, 0.25) is 0 Å². The molecule has 6 heteroatoms. The maximum Gasteiger partial charge on any atom is 0.334 e. The molecule has 152 valence electrons. The summed E-state index contributed by atoms with van der Waals surface area (Å²) in [4.78, 5) is 36.6. The summed E-state index contributed by atoms with van der Waals surface area (Å²) in [5.74, 6) is -2.22. The third-order valence-corrected chi connectivity index (χ3v) is 5.11. The lowest BCUT2D eigenvalue weighted by Gasteiger charge is -2.33. The summed E-state index contributed by atoms with van der Waals surface area (Å²) in [6.45, 7) is 12.3. The molecule has 4 atom stereocenters. The molecule has 6 nitrogen and oxygen atoms in total. The van der Waals surface area contributed by atoms with Crippen molar-refractivity contribution >= 4 is 17.9 Å². The second kappa shape index (κ2) is 9.04. The molecular weight excluding hydrogens is 360 g/mol. The Morgan fingerprint density at radius 2 is 1.93 bits per heavy atom. The van der Waals surface area contributed by atoms with E-state index in [0.717, 1.165) is 24.0 Å². The van der Waals surface area contributed by atoms with E-state index in [4.69, 9.17) is 14.2 Å². The van der Waals surface area contributed by atoms with Crippen LogP contribution in [0.15, 0.2) is 47.1 Å². The van der Waals surface area contributed by atoms with Gasteiger partial charge in [-0.2, -0.15) is 0 Å². The highest BCUT2D eigenvalue weighted by atomic mass is 16.6. The van der Waals surface area contributed by atoms with Crippen molar-refractivity contribution in [2.75, 3.05) is 0 Å². The average Bonchev–Trinajstić information content (AvgIpc) is 2.89. The van der Waals surface area contributed by atoms with Crippen LogP contribution in [0.3, 0.4) is 0 Å². The number of hydrogen-bond donors (Lipinski definition) is 0. The topological polar surface area (TPSA) is 78.9 Å². The minimum atomic E-state index is -0.923. The van der Waals surface area contributed by atoms with Crippen LogP contribution in [0.25, 0.3) is 0 Å². The largest absolute Gasteiger partial charge is 0.457 e. The Balaban J connectivity index is 2.55. The zero-order valence-electron chi connectivity index (χ0n) is 17.1. The molecule has 0 unspecified atom stereocenters. The van der Waals surface area contributed by atoms with Gasteiger partial charge in [-0.3, -0.25) is 4.79 Å². The Hall–Kier alpha value is -2.63. The number of esters is 3. The van der Waals surface area contributed by atoms with Gasteiger partial charge in [0.1, 0.15) is 6.10 Å². The fraction of sp³-hybridized carbons (Fsp3) is 0.500. The molecule has 2 aliphatic rings. The molecule has 0 aromatic rings. The average molecular weight is 388 g/mol. The first-order valence-corrected chi connectivity index (χ1v) is 9.40. The van der Waals surface area contributed by atoms with Crippen molar-refractivity contribution in [1.29, 1.82) is 0 Å². The lowest BCUT2D eigenvalue weighted by molar-refractivity contribution is -0.165. The van der Waals surface area contributed by atoms with Crippen molar-refractivity contribution < 1.29 is 28.6 Å². The zero-order valence-corrected chi connectivity index (χ0v) is 17.1.